The summed E-state index contributed by atoms with van der Waals surface area (Å²) in [6, 6.07) is 10.5. The van der Waals surface area contributed by atoms with Gasteiger partial charge in [-0.2, -0.15) is 0 Å². The zero-order valence-corrected chi connectivity index (χ0v) is 12.7. The lowest BCUT2D eigenvalue weighted by Crippen LogP contribution is -2.47. The van der Waals surface area contributed by atoms with Gasteiger partial charge in [-0.05, 0) is 28.6 Å². The largest absolute Gasteiger partial charge is 0.362 e. The molecule has 0 radical (unpaired) electrons. The lowest BCUT2D eigenvalue weighted by atomic mass is 10.2. The van der Waals surface area contributed by atoms with E-state index in [1.54, 1.807) is 12.1 Å². The summed E-state index contributed by atoms with van der Waals surface area (Å²) in [5, 5.41) is 26.8. The van der Waals surface area contributed by atoms with Crippen LogP contribution in [-0.4, -0.2) is 56.4 Å². The van der Waals surface area contributed by atoms with Crippen LogP contribution < -0.4 is 9.80 Å². The Morgan fingerprint density at radius 1 is 1.00 bits per heavy atom. The normalized spacial score (nSPS) is 15.0. The number of hydrogen-bond acceptors (Lipinski definition) is 8. The third-order valence-electron chi connectivity index (χ3n) is 4.08. The zero-order valence-electron chi connectivity index (χ0n) is 12.7. The monoisotopic (exact) mass is 326 g/mol. The molecule has 4 rings (SSSR count). The summed E-state index contributed by atoms with van der Waals surface area (Å²) in [4.78, 5) is 15.0. The SMILES string of the molecule is O=[N+]([O-])c1ccccc1N1CCN(c2ccc3nnnn3n2)CC1. The number of nitro groups is 1. The minimum Gasteiger partial charge on any atom is -0.362 e. The van der Waals surface area contributed by atoms with E-state index in [4.69, 9.17) is 0 Å². The topological polar surface area (TPSA) is 106 Å². The molecule has 3 heterocycles. The number of rotatable bonds is 3. The Bertz CT molecular complexity index is 887. The van der Waals surface area contributed by atoms with Crippen molar-refractivity contribution in [2.45, 2.75) is 0 Å². The van der Waals surface area contributed by atoms with Gasteiger partial charge in [-0.3, -0.25) is 10.1 Å². The highest BCUT2D eigenvalue weighted by Gasteiger charge is 2.24. The Balaban J connectivity index is 1.51. The minimum atomic E-state index is -0.338. The molecule has 0 N–H and O–H groups in total. The molecule has 0 unspecified atom stereocenters. The zero-order chi connectivity index (χ0) is 16.5. The summed E-state index contributed by atoms with van der Waals surface area (Å²) >= 11 is 0. The Kier molecular flexibility index (Phi) is 3.41. The minimum absolute atomic E-state index is 0.138. The van der Waals surface area contributed by atoms with E-state index in [0.29, 0.717) is 37.5 Å². The van der Waals surface area contributed by atoms with E-state index in [9.17, 15) is 10.1 Å². The third-order valence-corrected chi connectivity index (χ3v) is 4.08. The molecular weight excluding hydrogens is 312 g/mol. The fourth-order valence-electron chi connectivity index (χ4n) is 2.87. The molecule has 1 aliphatic rings. The lowest BCUT2D eigenvalue weighted by molar-refractivity contribution is -0.384. The summed E-state index contributed by atoms with van der Waals surface area (Å²) in [5.41, 5.74) is 1.39. The maximum absolute atomic E-state index is 11.2. The fourth-order valence-corrected chi connectivity index (χ4v) is 2.87. The van der Waals surface area contributed by atoms with E-state index in [1.807, 2.05) is 23.1 Å². The van der Waals surface area contributed by atoms with Crippen LogP contribution in [0.3, 0.4) is 0 Å². The van der Waals surface area contributed by atoms with Crippen LogP contribution in [0.5, 0.6) is 0 Å². The number of hydrogen-bond donors (Lipinski definition) is 0. The second-order valence-electron chi connectivity index (χ2n) is 5.44. The van der Waals surface area contributed by atoms with Crippen molar-refractivity contribution in [2.24, 2.45) is 0 Å². The number of benzene rings is 1. The Morgan fingerprint density at radius 2 is 1.75 bits per heavy atom. The maximum Gasteiger partial charge on any atom is 0.292 e. The van der Waals surface area contributed by atoms with Crippen molar-refractivity contribution >= 4 is 22.8 Å². The van der Waals surface area contributed by atoms with E-state index < -0.39 is 0 Å². The van der Waals surface area contributed by atoms with Crippen molar-refractivity contribution in [1.29, 1.82) is 0 Å². The van der Waals surface area contributed by atoms with Gasteiger partial charge >= 0.3 is 0 Å². The molecule has 3 aromatic rings. The molecule has 0 saturated carbocycles. The molecule has 0 aliphatic carbocycles. The maximum atomic E-state index is 11.2. The first-order valence-electron chi connectivity index (χ1n) is 7.51. The van der Waals surface area contributed by atoms with Gasteiger partial charge in [0.15, 0.2) is 11.5 Å². The second-order valence-corrected chi connectivity index (χ2v) is 5.44. The van der Waals surface area contributed by atoms with Gasteiger partial charge < -0.3 is 9.80 Å². The average Bonchev–Trinajstić information content (AvgIpc) is 3.09. The summed E-state index contributed by atoms with van der Waals surface area (Å²) < 4.78 is 1.39. The van der Waals surface area contributed by atoms with Crippen LogP contribution >= 0.6 is 0 Å². The number of para-hydroxylation sites is 2. The van der Waals surface area contributed by atoms with Gasteiger partial charge in [0, 0.05) is 32.2 Å². The van der Waals surface area contributed by atoms with E-state index in [2.05, 4.69) is 25.5 Å². The molecule has 24 heavy (non-hydrogen) atoms. The molecule has 122 valence electrons. The van der Waals surface area contributed by atoms with Crippen LogP contribution in [0.2, 0.25) is 0 Å². The average molecular weight is 326 g/mol. The smallest absolute Gasteiger partial charge is 0.292 e. The van der Waals surface area contributed by atoms with Crippen molar-refractivity contribution in [3.63, 3.8) is 0 Å². The van der Waals surface area contributed by atoms with Crippen molar-refractivity contribution < 1.29 is 4.92 Å². The molecule has 10 heteroatoms. The van der Waals surface area contributed by atoms with Gasteiger partial charge in [-0.25, -0.2) is 0 Å². The van der Waals surface area contributed by atoms with Crippen LogP contribution in [-0.2, 0) is 0 Å². The molecule has 1 aromatic carbocycles. The lowest BCUT2D eigenvalue weighted by Gasteiger charge is -2.36. The number of anilines is 2. The second kappa shape index (κ2) is 5.72. The fraction of sp³-hybridized carbons (Fsp3) is 0.286. The summed E-state index contributed by atoms with van der Waals surface area (Å²) in [5.74, 6) is 0.789. The number of piperazine rings is 1. The predicted molar refractivity (Wildman–Crippen MR) is 86.1 cm³/mol. The Hall–Kier alpha value is -3.30. The van der Waals surface area contributed by atoms with E-state index in [1.165, 1.54) is 10.7 Å². The Labute approximate surface area is 136 Å². The third kappa shape index (κ3) is 2.47. The summed E-state index contributed by atoms with van der Waals surface area (Å²) in [6.07, 6.45) is 0. The molecule has 0 atom stereocenters. The quantitative estimate of drug-likeness (QED) is 0.513. The number of nitrogens with zero attached hydrogens (tertiary/aromatic N) is 8. The van der Waals surface area contributed by atoms with Gasteiger partial charge in [0.2, 0.25) is 0 Å². The van der Waals surface area contributed by atoms with Gasteiger partial charge in [0.05, 0.1) is 4.92 Å². The van der Waals surface area contributed by atoms with Gasteiger partial charge in [-0.1, -0.05) is 12.1 Å². The molecule has 1 aliphatic heterocycles. The number of aromatic nitrogens is 5. The van der Waals surface area contributed by atoms with Crippen molar-refractivity contribution in [2.75, 3.05) is 36.0 Å². The van der Waals surface area contributed by atoms with Crippen molar-refractivity contribution in [1.82, 2.24) is 25.3 Å². The highest BCUT2D eigenvalue weighted by atomic mass is 16.6. The van der Waals surface area contributed by atoms with E-state index in [0.717, 1.165) is 5.82 Å². The summed E-state index contributed by atoms with van der Waals surface area (Å²) in [6.45, 7) is 2.79. The molecule has 0 amide bonds. The van der Waals surface area contributed by atoms with Gasteiger partial charge in [-0.15, -0.1) is 14.8 Å². The standard InChI is InChI=1S/C14H14N8O2/c23-22(24)12-4-2-1-3-11(12)19-7-9-20(10-8-19)14-6-5-13-15-17-18-21(13)16-14/h1-6H,7-10H2. The van der Waals surface area contributed by atoms with Crippen molar-refractivity contribution in [3.8, 4) is 0 Å². The van der Waals surface area contributed by atoms with Crippen LogP contribution in [0.25, 0.3) is 5.65 Å². The van der Waals surface area contributed by atoms with E-state index in [-0.39, 0.29) is 10.6 Å². The van der Waals surface area contributed by atoms with Crippen LogP contribution in [0.15, 0.2) is 36.4 Å². The first-order chi connectivity index (χ1) is 11.7. The molecule has 10 nitrogen and oxygen atoms in total. The highest BCUT2D eigenvalue weighted by Crippen LogP contribution is 2.28. The van der Waals surface area contributed by atoms with Gasteiger partial charge in [0.1, 0.15) is 5.69 Å². The predicted octanol–water partition coefficient (Wildman–Crippen LogP) is 0.754. The molecular formula is C14H14N8O2. The van der Waals surface area contributed by atoms with Gasteiger partial charge in [0.25, 0.3) is 5.69 Å². The van der Waals surface area contributed by atoms with Crippen LogP contribution in [0, 0.1) is 10.1 Å². The van der Waals surface area contributed by atoms with Crippen molar-refractivity contribution in [3.05, 3.63) is 46.5 Å². The van der Waals surface area contributed by atoms with E-state index >= 15 is 0 Å². The highest BCUT2D eigenvalue weighted by molar-refractivity contribution is 5.63. The molecule has 2 aromatic heterocycles. The molecule has 1 saturated heterocycles. The molecule has 0 spiro atoms. The molecule has 1 fully saturated rings. The number of tetrazole rings is 1. The molecule has 0 bridgehead atoms. The summed E-state index contributed by atoms with van der Waals surface area (Å²) in [7, 11) is 0. The first-order valence-corrected chi connectivity index (χ1v) is 7.51. The Morgan fingerprint density at radius 3 is 2.54 bits per heavy atom. The first kappa shape index (κ1) is 14.3. The van der Waals surface area contributed by atoms with Crippen LogP contribution in [0.4, 0.5) is 17.2 Å². The number of fused-ring (bicyclic) bond motifs is 1. The van der Waals surface area contributed by atoms with Crippen LogP contribution in [0.1, 0.15) is 0 Å². The number of nitro benzene ring substituents is 1.